The van der Waals surface area contributed by atoms with Gasteiger partial charge in [-0.1, -0.05) is 29.8 Å². The van der Waals surface area contributed by atoms with Crippen molar-refractivity contribution in [3.8, 4) is 0 Å². The number of halogens is 1. The van der Waals surface area contributed by atoms with E-state index in [4.69, 9.17) is 0 Å². The van der Waals surface area contributed by atoms with Crippen molar-refractivity contribution in [3.05, 3.63) is 59.4 Å². The maximum absolute atomic E-state index is 13.4. The van der Waals surface area contributed by atoms with Gasteiger partial charge in [-0.25, -0.2) is 4.39 Å². The molecule has 0 unspecified atom stereocenters. The Labute approximate surface area is 126 Å². The summed E-state index contributed by atoms with van der Waals surface area (Å²) < 4.78 is 13.4. The van der Waals surface area contributed by atoms with Gasteiger partial charge < -0.3 is 10.4 Å². The second-order valence-electron chi connectivity index (χ2n) is 5.02. The number of carbonyl (C=O) groups is 1. The highest BCUT2D eigenvalue weighted by molar-refractivity contribution is 7.99. The first-order valence-corrected chi connectivity index (χ1v) is 7.44. The molecule has 0 radical (unpaired) electrons. The molecule has 3 rings (SSSR count). The average Bonchev–Trinajstić information content (AvgIpc) is 2.58. The minimum atomic E-state index is -1.19. The number of amides is 1. The molecule has 0 saturated carbocycles. The van der Waals surface area contributed by atoms with Crippen molar-refractivity contribution in [1.82, 2.24) is 0 Å². The Morgan fingerprint density at radius 2 is 1.90 bits per heavy atom. The van der Waals surface area contributed by atoms with E-state index in [1.807, 2.05) is 31.2 Å². The lowest BCUT2D eigenvalue weighted by atomic mass is 10.1. The third kappa shape index (κ3) is 2.80. The molecule has 0 spiro atoms. The Morgan fingerprint density at radius 1 is 1.19 bits per heavy atom. The second kappa shape index (κ2) is 5.50. The van der Waals surface area contributed by atoms with E-state index >= 15 is 0 Å². The van der Waals surface area contributed by atoms with Crippen LogP contribution in [0.3, 0.4) is 0 Å². The van der Waals surface area contributed by atoms with Crippen molar-refractivity contribution in [1.29, 1.82) is 0 Å². The highest BCUT2D eigenvalue weighted by atomic mass is 32.2. The molecule has 0 saturated heterocycles. The summed E-state index contributed by atoms with van der Waals surface area (Å²) in [6, 6.07) is 11.8. The molecule has 21 heavy (non-hydrogen) atoms. The number of thioether (sulfide) groups is 1. The molecule has 1 amide bonds. The molecule has 1 aliphatic rings. The summed E-state index contributed by atoms with van der Waals surface area (Å²) in [6.07, 6.45) is -1.19. The van der Waals surface area contributed by atoms with Gasteiger partial charge >= 0.3 is 0 Å². The number of hydrogen-bond donors (Lipinski definition) is 2. The molecule has 1 heterocycles. The molecular weight excluding hydrogens is 289 g/mol. The molecule has 0 fully saturated rings. The van der Waals surface area contributed by atoms with Crippen LogP contribution in [0.4, 0.5) is 10.1 Å². The molecule has 0 aliphatic carbocycles. The van der Waals surface area contributed by atoms with Gasteiger partial charge in [-0.15, -0.1) is 11.8 Å². The lowest BCUT2D eigenvalue weighted by Gasteiger charge is -2.19. The standard InChI is InChI=1S/C16H14FNO2S/c1-9-2-4-10(5-3-9)15-14(19)16(20)18-12-7-6-11(17)8-13(12)21-15/h2-8,14-15,19H,1H3,(H,18,20)/t14-,15+/m1/s1. The molecule has 0 aromatic heterocycles. The molecule has 2 atom stereocenters. The van der Waals surface area contributed by atoms with Gasteiger partial charge in [0, 0.05) is 4.90 Å². The van der Waals surface area contributed by atoms with Crippen LogP contribution < -0.4 is 5.32 Å². The van der Waals surface area contributed by atoms with E-state index in [0.717, 1.165) is 11.1 Å². The van der Waals surface area contributed by atoms with Gasteiger partial charge in [-0.05, 0) is 30.7 Å². The van der Waals surface area contributed by atoms with E-state index in [0.29, 0.717) is 10.6 Å². The summed E-state index contributed by atoms with van der Waals surface area (Å²) >= 11 is 1.29. The minimum Gasteiger partial charge on any atom is -0.382 e. The van der Waals surface area contributed by atoms with Crippen LogP contribution in [0.1, 0.15) is 16.4 Å². The van der Waals surface area contributed by atoms with E-state index in [1.165, 1.54) is 30.0 Å². The van der Waals surface area contributed by atoms with Crippen LogP contribution in [0.15, 0.2) is 47.4 Å². The van der Waals surface area contributed by atoms with E-state index in [-0.39, 0.29) is 5.82 Å². The van der Waals surface area contributed by atoms with Crippen molar-refractivity contribution in [3.63, 3.8) is 0 Å². The summed E-state index contributed by atoms with van der Waals surface area (Å²) in [7, 11) is 0. The number of anilines is 1. The summed E-state index contributed by atoms with van der Waals surface area (Å²) in [5.41, 5.74) is 2.47. The van der Waals surface area contributed by atoms with Crippen molar-refractivity contribution < 1.29 is 14.3 Å². The number of fused-ring (bicyclic) bond motifs is 1. The number of hydrogen-bond acceptors (Lipinski definition) is 3. The van der Waals surface area contributed by atoms with E-state index in [1.54, 1.807) is 0 Å². The van der Waals surface area contributed by atoms with Crippen LogP contribution >= 0.6 is 11.8 Å². The van der Waals surface area contributed by atoms with Crippen LogP contribution in [0.25, 0.3) is 0 Å². The third-order valence-electron chi connectivity index (χ3n) is 3.42. The zero-order chi connectivity index (χ0) is 15.0. The molecule has 2 aromatic carbocycles. The van der Waals surface area contributed by atoms with Crippen molar-refractivity contribution >= 4 is 23.4 Å². The Kier molecular flexibility index (Phi) is 3.69. The first-order valence-electron chi connectivity index (χ1n) is 6.56. The summed E-state index contributed by atoms with van der Waals surface area (Å²) in [5.74, 6) is -0.840. The highest BCUT2D eigenvalue weighted by Gasteiger charge is 2.32. The molecule has 1 aliphatic heterocycles. The SMILES string of the molecule is Cc1ccc([C@@H]2Sc3cc(F)ccc3NC(=O)[C@@H]2O)cc1. The van der Waals surface area contributed by atoms with Gasteiger partial charge in [0.2, 0.25) is 0 Å². The van der Waals surface area contributed by atoms with E-state index in [9.17, 15) is 14.3 Å². The van der Waals surface area contributed by atoms with Crippen molar-refractivity contribution in [2.45, 2.75) is 23.2 Å². The quantitative estimate of drug-likeness (QED) is 0.850. The van der Waals surface area contributed by atoms with Crippen LogP contribution in [-0.2, 0) is 4.79 Å². The maximum Gasteiger partial charge on any atom is 0.254 e. The lowest BCUT2D eigenvalue weighted by Crippen LogP contribution is -2.30. The minimum absolute atomic E-state index is 0.366. The van der Waals surface area contributed by atoms with Gasteiger partial charge in [0.25, 0.3) is 5.91 Å². The fourth-order valence-corrected chi connectivity index (χ4v) is 3.49. The number of nitrogens with one attached hydrogen (secondary N) is 1. The zero-order valence-electron chi connectivity index (χ0n) is 11.3. The topological polar surface area (TPSA) is 49.3 Å². The number of aliphatic hydroxyl groups is 1. The van der Waals surface area contributed by atoms with Crippen LogP contribution in [0.2, 0.25) is 0 Å². The largest absolute Gasteiger partial charge is 0.382 e. The van der Waals surface area contributed by atoms with E-state index < -0.39 is 17.3 Å². The normalized spacial score (nSPS) is 21.4. The smallest absolute Gasteiger partial charge is 0.254 e. The number of aliphatic hydroxyl groups excluding tert-OH is 1. The monoisotopic (exact) mass is 303 g/mol. The number of benzene rings is 2. The molecular formula is C16H14FNO2S. The Hall–Kier alpha value is -1.85. The molecule has 0 bridgehead atoms. The molecule has 108 valence electrons. The van der Waals surface area contributed by atoms with Crippen LogP contribution in [-0.4, -0.2) is 17.1 Å². The van der Waals surface area contributed by atoms with Crippen LogP contribution in [0.5, 0.6) is 0 Å². The summed E-state index contributed by atoms with van der Waals surface area (Å²) in [5, 5.41) is 12.4. The molecule has 5 heteroatoms. The van der Waals surface area contributed by atoms with Gasteiger partial charge in [0.15, 0.2) is 0 Å². The second-order valence-corrected chi connectivity index (χ2v) is 6.21. The van der Waals surface area contributed by atoms with Crippen molar-refractivity contribution in [2.24, 2.45) is 0 Å². The maximum atomic E-state index is 13.4. The van der Waals surface area contributed by atoms with Crippen LogP contribution in [0, 0.1) is 12.7 Å². The number of carbonyl (C=O) groups excluding carboxylic acids is 1. The summed E-state index contributed by atoms with van der Waals surface area (Å²) in [4.78, 5) is 12.7. The molecule has 3 nitrogen and oxygen atoms in total. The first-order chi connectivity index (χ1) is 10.0. The summed E-state index contributed by atoms with van der Waals surface area (Å²) in [6.45, 7) is 1.97. The predicted molar refractivity (Wildman–Crippen MR) is 80.8 cm³/mol. The van der Waals surface area contributed by atoms with Gasteiger partial charge in [-0.3, -0.25) is 4.79 Å². The van der Waals surface area contributed by atoms with Gasteiger partial charge in [0.05, 0.1) is 10.9 Å². The lowest BCUT2D eigenvalue weighted by molar-refractivity contribution is -0.124. The Balaban J connectivity index is 2.03. The Morgan fingerprint density at radius 3 is 2.62 bits per heavy atom. The average molecular weight is 303 g/mol. The van der Waals surface area contributed by atoms with Gasteiger partial charge in [0.1, 0.15) is 11.9 Å². The number of rotatable bonds is 1. The predicted octanol–water partition coefficient (Wildman–Crippen LogP) is 3.28. The van der Waals surface area contributed by atoms with Crippen molar-refractivity contribution in [2.75, 3.05) is 5.32 Å². The number of aryl methyl sites for hydroxylation is 1. The zero-order valence-corrected chi connectivity index (χ0v) is 12.2. The first kappa shape index (κ1) is 14.1. The molecule has 2 N–H and O–H groups in total. The van der Waals surface area contributed by atoms with E-state index in [2.05, 4.69) is 5.32 Å². The highest BCUT2D eigenvalue weighted by Crippen LogP contribution is 2.43. The van der Waals surface area contributed by atoms with Gasteiger partial charge in [-0.2, -0.15) is 0 Å². The third-order valence-corrected chi connectivity index (χ3v) is 4.79. The Bertz CT molecular complexity index is 687. The fraction of sp³-hybridized carbons (Fsp3) is 0.188. The molecule has 2 aromatic rings. The fourth-order valence-electron chi connectivity index (χ4n) is 2.25.